The normalized spacial score (nSPS) is 10.7. The SMILES string of the molecule is Cc1ccnc(NCc2ccccc2)c1C#CC(C)(C)C. The van der Waals surface area contributed by atoms with Crippen LogP contribution in [-0.4, -0.2) is 4.98 Å². The van der Waals surface area contributed by atoms with Crippen molar-refractivity contribution in [1.82, 2.24) is 4.98 Å². The van der Waals surface area contributed by atoms with Crippen molar-refractivity contribution in [3.63, 3.8) is 0 Å². The zero-order chi connectivity index (χ0) is 15.3. The first-order valence-electron chi connectivity index (χ1n) is 7.22. The molecule has 1 heterocycles. The Morgan fingerprint density at radius 1 is 1.10 bits per heavy atom. The summed E-state index contributed by atoms with van der Waals surface area (Å²) in [6.45, 7) is 9.16. The van der Waals surface area contributed by atoms with Crippen LogP contribution >= 0.6 is 0 Å². The molecule has 2 aromatic rings. The standard InChI is InChI=1S/C19H22N2/c1-15-11-13-20-18(17(15)10-12-19(2,3)4)21-14-16-8-6-5-7-9-16/h5-9,11,13H,14H2,1-4H3,(H,20,21). The van der Waals surface area contributed by atoms with Crippen molar-refractivity contribution < 1.29 is 0 Å². The predicted octanol–water partition coefficient (Wildman–Crippen LogP) is 4.40. The summed E-state index contributed by atoms with van der Waals surface area (Å²) in [5, 5.41) is 3.39. The molecule has 1 aromatic carbocycles. The van der Waals surface area contributed by atoms with E-state index in [1.165, 1.54) is 5.56 Å². The molecule has 0 unspecified atom stereocenters. The van der Waals surface area contributed by atoms with Gasteiger partial charge in [0.2, 0.25) is 0 Å². The highest BCUT2D eigenvalue weighted by molar-refractivity contribution is 5.57. The summed E-state index contributed by atoms with van der Waals surface area (Å²) >= 11 is 0. The minimum atomic E-state index is -0.0149. The van der Waals surface area contributed by atoms with Gasteiger partial charge in [0, 0.05) is 18.2 Å². The summed E-state index contributed by atoms with van der Waals surface area (Å²) in [6.07, 6.45) is 1.82. The fourth-order valence-electron chi connectivity index (χ4n) is 1.88. The van der Waals surface area contributed by atoms with Crippen molar-refractivity contribution in [3.8, 4) is 11.8 Å². The van der Waals surface area contributed by atoms with Crippen molar-refractivity contribution in [2.45, 2.75) is 34.2 Å². The fraction of sp³-hybridized carbons (Fsp3) is 0.316. The van der Waals surface area contributed by atoms with Crippen molar-refractivity contribution >= 4 is 5.82 Å². The monoisotopic (exact) mass is 278 g/mol. The summed E-state index contributed by atoms with van der Waals surface area (Å²) < 4.78 is 0. The van der Waals surface area contributed by atoms with E-state index in [4.69, 9.17) is 0 Å². The Balaban J connectivity index is 2.23. The van der Waals surface area contributed by atoms with Gasteiger partial charge >= 0.3 is 0 Å². The Bertz CT molecular complexity index is 655. The summed E-state index contributed by atoms with van der Waals surface area (Å²) in [5.41, 5.74) is 3.36. The van der Waals surface area contributed by atoms with E-state index in [2.05, 4.69) is 62.0 Å². The zero-order valence-corrected chi connectivity index (χ0v) is 13.2. The zero-order valence-electron chi connectivity index (χ0n) is 13.2. The average molecular weight is 278 g/mol. The van der Waals surface area contributed by atoms with Crippen LogP contribution in [0.25, 0.3) is 0 Å². The molecule has 21 heavy (non-hydrogen) atoms. The van der Waals surface area contributed by atoms with Crippen molar-refractivity contribution in [3.05, 3.63) is 59.3 Å². The Kier molecular flexibility index (Phi) is 4.65. The topological polar surface area (TPSA) is 24.9 Å². The van der Waals surface area contributed by atoms with E-state index in [0.717, 1.165) is 23.5 Å². The molecule has 0 spiro atoms. The molecule has 0 bridgehead atoms. The van der Waals surface area contributed by atoms with Crippen LogP contribution in [0.5, 0.6) is 0 Å². The van der Waals surface area contributed by atoms with Crippen molar-refractivity contribution in [2.24, 2.45) is 5.41 Å². The summed E-state index contributed by atoms with van der Waals surface area (Å²) in [4.78, 5) is 4.44. The van der Waals surface area contributed by atoms with Crippen molar-refractivity contribution in [1.29, 1.82) is 0 Å². The maximum atomic E-state index is 4.44. The first-order chi connectivity index (χ1) is 9.96. The molecule has 0 radical (unpaired) electrons. The number of anilines is 1. The number of benzene rings is 1. The third kappa shape index (κ3) is 4.65. The van der Waals surface area contributed by atoms with Gasteiger partial charge in [-0.15, -0.1) is 0 Å². The van der Waals surface area contributed by atoms with Crippen LogP contribution in [0.2, 0.25) is 0 Å². The van der Waals surface area contributed by atoms with Crippen molar-refractivity contribution in [2.75, 3.05) is 5.32 Å². The van der Waals surface area contributed by atoms with Gasteiger partial charge in [-0.05, 0) is 44.9 Å². The number of hydrogen-bond donors (Lipinski definition) is 1. The summed E-state index contributed by atoms with van der Waals surface area (Å²) in [7, 11) is 0. The molecule has 108 valence electrons. The molecule has 2 rings (SSSR count). The third-order valence-electron chi connectivity index (χ3n) is 3.02. The second-order valence-electron chi connectivity index (χ2n) is 6.19. The van der Waals surface area contributed by atoms with Crippen LogP contribution < -0.4 is 5.32 Å². The minimum Gasteiger partial charge on any atom is -0.365 e. The van der Waals surface area contributed by atoms with Crippen LogP contribution in [0.3, 0.4) is 0 Å². The molecule has 0 aliphatic rings. The lowest BCUT2D eigenvalue weighted by atomic mass is 9.97. The second kappa shape index (κ2) is 6.45. The highest BCUT2D eigenvalue weighted by Gasteiger charge is 2.07. The molecule has 0 atom stereocenters. The third-order valence-corrected chi connectivity index (χ3v) is 3.02. The number of pyridine rings is 1. The van der Waals surface area contributed by atoms with Gasteiger partial charge < -0.3 is 5.32 Å². The smallest absolute Gasteiger partial charge is 0.142 e. The number of nitrogens with one attached hydrogen (secondary N) is 1. The van der Waals surface area contributed by atoms with Crippen LogP contribution in [0.15, 0.2) is 42.6 Å². The lowest BCUT2D eigenvalue weighted by molar-refractivity contribution is 0.571. The van der Waals surface area contributed by atoms with Gasteiger partial charge in [0.15, 0.2) is 0 Å². The molecule has 2 nitrogen and oxygen atoms in total. The maximum absolute atomic E-state index is 4.44. The second-order valence-corrected chi connectivity index (χ2v) is 6.19. The molecule has 0 saturated heterocycles. The van der Waals surface area contributed by atoms with Gasteiger partial charge in [0.05, 0.1) is 5.56 Å². The number of aromatic nitrogens is 1. The van der Waals surface area contributed by atoms with E-state index >= 15 is 0 Å². The highest BCUT2D eigenvalue weighted by atomic mass is 15.0. The molecular formula is C19H22N2. The molecule has 1 N–H and O–H groups in total. The molecule has 1 aromatic heterocycles. The number of hydrogen-bond acceptors (Lipinski definition) is 2. The molecular weight excluding hydrogens is 256 g/mol. The molecule has 0 aliphatic carbocycles. The Morgan fingerprint density at radius 3 is 2.48 bits per heavy atom. The van der Waals surface area contributed by atoms with Gasteiger partial charge in [-0.1, -0.05) is 42.2 Å². The van der Waals surface area contributed by atoms with Gasteiger partial charge in [0.25, 0.3) is 0 Å². The Labute approximate surface area is 127 Å². The quantitative estimate of drug-likeness (QED) is 0.842. The van der Waals surface area contributed by atoms with E-state index < -0.39 is 0 Å². The van der Waals surface area contributed by atoms with Crippen LogP contribution in [-0.2, 0) is 6.54 Å². The number of rotatable bonds is 3. The van der Waals surface area contributed by atoms with E-state index in [9.17, 15) is 0 Å². The van der Waals surface area contributed by atoms with Gasteiger partial charge in [-0.3, -0.25) is 0 Å². The van der Waals surface area contributed by atoms with Gasteiger partial charge in [0.1, 0.15) is 5.82 Å². The van der Waals surface area contributed by atoms with Crippen LogP contribution in [0, 0.1) is 24.2 Å². The minimum absolute atomic E-state index is 0.0149. The lowest BCUT2D eigenvalue weighted by Crippen LogP contribution is -2.05. The van der Waals surface area contributed by atoms with E-state index in [-0.39, 0.29) is 5.41 Å². The molecule has 0 aliphatic heterocycles. The van der Waals surface area contributed by atoms with E-state index in [1.807, 2.05) is 30.5 Å². The predicted molar refractivity (Wildman–Crippen MR) is 89.1 cm³/mol. The highest BCUT2D eigenvalue weighted by Crippen LogP contribution is 2.18. The first kappa shape index (κ1) is 15.1. The maximum Gasteiger partial charge on any atom is 0.142 e. The fourth-order valence-corrected chi connectivity index (χ4v) is 1.88. The van der Waals surface area contributed by atoms with Crippen LogP contribution in [0.1, 0.15) is 37.5 Å². The Morgan fingerprint density at radius 2 is 1.81 bits per heavy atom. The molecule has 0 saturated carbocycles. The van der Waals surface area contributed by atoms with E-state index in [1.54, 1.807) is 0 Å². The van der Waals surface area contributed by atoms with Gasteiger partial charge in [-0.2, -0.15) is 0 Å². The first-order valence-corrected chi connectivity index (χ1v) is 7.22. The summed E-state index contributed by atoms with van der Waals surface area (Å²) in [5.74, 6) is 7.43. The number of nitrogens with zero attached hydrogens (tertiary/aromatic N) is 1. The van der Waals surface area contributed by atoms with E-state index in [0.29, 0.717) is 0 Å². The molecule has 0 amide bonds. The molecule has 2 heteroatoms. The Hall–Kier alpha value is -2.27. The van der Waals surface area contributed by atoms with Crippen LogP contribution in [0.4, 0.5) is 5.82 Å². The largest absolute Gasteiger partial charge is 0.365 e. The average Bonchev–Trinajstić information content (AvgIpc) is 2.44. The van der Waals surface area contributed by atoms with Gasteiger partial charge in [-0.25, -0.2) is 4.98 Å². The summed E-state index contributed by atoms with van der Waals surface area (Å²) in [6, 6.07) is 12.3. The number of aryl methyl sites for hydroxylation is 1. The lowest BCUT2D eigenvalue weighted by Gasteiger charge is -2.11. The molecule has 0 fully saturated rings.